The second-order valence-corrected chi connectivity index (χ2v) is 10.4. The molecule has 3 heterocycles. The first kappa shape index (κ1) is 23.2. The molecule has 8 nitrogen and oxygen atoms in total. The van der Waals surface area contributed by atoms with Crippen molar-refractivity contribution in [2.45, 2.75) is 30.2 Å². The maximum absolute atomic E-state index is 13.1. The number of furan rings is 1. The molecule has 0 bridgehead atoms. The summed E-state index contributed by atoms with van der Waals surface area (Å²) >= 11 is 0. The number of fused-ring (bicyclic) bond motifs is 1. The summed E-state index contributed by atoms with van der Waals surface area (Å²) in [7, 11) is -2.04. The molecule has 5 rings (SSSR count). The number of carbonyl (C=O) groups excluding carboxylic acids is 1. The first-order chi connectivity index (χ1) is 16.9. The standard InChI is InChI=1S/C26H27N3O5S/c1-33-20-6-9-25-23(15-20)24(17-27-25)18-10-12-29(13-11-18)26(30)19-4-7-22(8-5-19)35(31,32)28-16-21-3-2-14-34-21/h2-9,14-15,17-18,27-28H,10-13,16H2,1H3. The lowest BCUT2D eigenvalue weighted by atomic mass is 9.89. The molecule has 2 aromatic carbocycles. The molecule has 0 atom stereocenters. The van der Waals surface area contributed by atoms with Gasteiger partial charge in [-0.2, -0.15) is 0 Å². The Balaban J connectivity index is 1.22. The second-order valence-electron chi connectivity index (χ2n) is 8.65. The number of ether oxygens (including phenoxy) is 1. The third-order valence-electron chi connectivity index (χ3n) is 6.57. The van der Waals surface area contributed by atoms with E-state index < -0.39 is 10.0 Å². The molecule has 0 saturated carbocycles. The monoisotopic (exact) mass is 493 g/mol. The number of hydrogen-bond donors (Lipinski definition) is 2. The molecular formula is C26H27N3O5S. The average molecular weight is 494 g/mol. The minimum Gasteiger partial charge on any atom is -0.497 e. The summed E-state index contributed by atoms with van der Waals surface area (Å²) in [6.45, 7) is 1.35. The first-order valence-corrected chi connectivity index (χ1v) is 13.0. The first-order valence-electron chi connectivity index (χ1n) is 11.5. The Bertz CT molecular complexity index is 1420. The van der Waals surface area contributed by atoms with E-state index in [-0.39, 0.29) is 17.3 Å². The van der Waals surface area contributed by atoms with Crippen LogP contribution >= 0.6 is 0 Å². The van der Waals surface area contributed by atoms with Gasteiger partial charge in [-0.15, -0.1) is 0 Å². The lowest BCUT2D eigenvalue weighted by molar-refractivity contribution is 0.0713. The highest BCUT2D eigenvalue weighted by Gasteiger charge is 2.26. The maximum atomic E-state index is 13.1. The van der Waals surface area contributed by atoms with Crippen molar-refractivity contribution < 1.29 is 22.4 Å². The van der Waals surface area contributed by atoms with Gasteiger partial charge >= 0.3 is 0 Å². The fraction of sp³-hybridized carbons (Fsp3) is 0.269. The number of aromatic amines is 1. The topological polar surface area (TPSA) is 105 Å². The van der Waals surface area contributed by atoms with Crippen molar-refractivity contribution in [3.05, 3.63) is 83.9 Å². The van der Waals surface area contributed by atoms with Crippen LogP contribution in [0.3, 0.4) is 0 Å². The zero-order valence-electron chi connectivity index (χ0n) is 19.4. The van der Waals surface area contributed by atoms with Crippen LogP contribution in [0, 0.1) is 0 Å². The van der Waals surface area contributed by atoms with Crippen molar-refractivity contribution in [1.29, 1.82) is 0 Å². The van der Waals surface area contributed by atoms with Gasteiger partial charge < -0.3 is 19.0 Å². The lowest BCUT2D eigenvalue weighted by Gasteiger charge is -2.32. The molecule has 0 spiro atoms. The molecule has 0 aliphatic carbocycles. The van der Waals surface area contributed by atoms with E-state index in [2.05, 4.69) is 22.0 Å². The van der Waals surface area contributed by atoms with Crippen molar-refractivity contribution in [3.63, 3.8) is 0 Å². The number of methoxy groups -OCH3 is 1. The molecule has 2 N–H and O–H groups in total. The Morgan fingerprint density at radius 3 is 2.60 bits per heavy atom. The predicted molar refractivity (Wildman–Crippen MR) is 132 cm³/mol. The van der Waals surface area contributed by atoms with Crippen LogP contribution in [-0.2, 0) is 16.6 Å². The van der Waals surface area contributed by atoms with Gasteiger partial charge in [0, 0.05) is 35.8 Å². The molecule has 9 heteroatoms. The van der Waals surface area contributed by atoms with Crippen LogP contribution in [0.4, 0.5) is 0 Å². The Morgan fingerprint density at radius 1 is 1.14 bits per heavy atom. The normalized spacial score (nSPS) is 14.9. The van der Waals surface area contributed by atoms with Crippen molar-refractivity contribution in [2.24, 2.45) is 0 Å². The van der Waals surface area contributed by atoms with Crippen LogP contribution in [0.15, 0.2) is 76.4 Å². The number of H-pyrrole nitrogens is 1. The molecule has 0 unspecified atom stereocenters. The van der Waals surface area contributed by atoms with E-state index in [1.54, 1.807) is 31.4 Å². The van der Waals surface area contributed by atoms with Crippen LogP contribution < -0.4 is 9.46 Å². The van der Waals surface area contributed by atoms with E-state index in [0.717, 1.165) is 29.5 Å². The van der Waals surface area contributed by atoms with E-state index in [4.69, 9.17) is 9.15 Å². The lowest BCUT2D eigenvalue weighted by Crippen LogP contribution is -2.37. The largest absolute Gasteiger partial charge is 0.497 e. The summed E-state index contributed by atoms with van der Waals surface area (Å²) in [6, 6.07) is 15.5. The average Bonchev–Trinajstić information content (AvgIpc) is 3.57. The van der Waals surface area contributed by atoms with Crippen LogP contribution in [0.5, 0.6) is 5.75 Å². The Kier molecular flexibility index (Phi) is 6.36. The van der Waals surface area contributed by atoms with Crippen LogP contribution in [0.1, 0.15) is 40.4 Å². The van der Waals surface area contributed by atoms with Gasteiger partial charge in [0.05, 0.1) is 24.8 Å². The third-order valence-corrected chi connectivity index (χ3v) is 7.99. The molecule has 1 fully saturated rings. The van der Waals surface area contributed by atoms with Crippen LogP contribution in [0.25, 0.3) is 10.9 Å². The van der Waals surface area contributed by atoms with Crippen molar-refractivity contribution in [2.75, 3.05) is 20.2 Å². The van der Waals surface area contributed by atoms with E-state index in [0.29, 0.717) is 30.3 Å². The Morgan fingerprint density at radius 2 is 1.91 bits per heavy atom. The fourth-order valence-electron chi connectivity index (χ4n) is 4.60. The van der Waals surface area contributed by atoms with Crippen molar-refractivity contribution in [3.8, 4) is 5.75 Å². The molecule has 182 valence electrons. The molecule has 1 saturated heterocycles. The van der Waals surface area contributed by atoms with Gasteiger partial charge in [-0.1, -0.05) is 0 Å². The smallest absolute Gasteiger partial charge is 0.253 e. The summed E-state index contributed by atoms with van der Waals surface area (Å²) < 4.78 is 38.1. The van der Waals surface area contributed by atoms with Gasteiger partial charge in [0.15, 0.2) is 0 Å². The number of benzene rings is 2. The Labute approximate surface area is 203 Å². The number of nitrogens with zero attached hydrogens (tertiary/aromatic N) is 1. The summed E-state index contributed by atoms with van der Waals surface area (Å²) in [5, 5.41) is 1.16. The number of amides is 1. The number of aromatic nitrogens is 1. The number of carbonyl (C=O) groups is 1. The van der Waals surface area contributed by atoms with Gasteiger partial charge in [0.2, 0.25) is 10.0 Å². The Hall–Kier alpha value is -3.56. The third kappa shape index (κ3) is 4.82. The maximum Gasteiger partial charge on any atom is 0.253 e. The molecule has 0 radical (unpaired) electrons. The second kappa shape index (κ2) is 9.59. The van der Waals surface area contributed by atoms with Gasteiger partial charge in [-0.3, -0.25) is 4.79 Å². The summed E-state index contributed by atoms with van der Waals surface area (Å²) in [4.78, 5) is 18.3. The van der Waals surface area contributed by atoms with Gasteiger partial charge in [0.1, 0.15) is 11.5 Å². The SMILES string of the molecule is COc1ccc2[nH]cc(C3CCN(C(=O)c4ccc(S(=O)(=O)NCc5ccco5)cc4)CC3)c2c1. The number of sulfonamides is 1. The number of nitrogens with one attached hydrogen (secondary N) is 2. The molecular weight excluding hydrogens is 466 g/mol. The van der Waals surface area contributed by atoms with Crippen molar-refractivity contribution >= 4 is 26.8 Å². The minimum atomic E-state index is -3.71. The molecule has 1 amide bonds. The molecule has 35 heavy (non-hydrogen) atoms. The van der Waals surface area contributed by atoms with Gasteiger partial charge in [-0.05, 0) is 78.9 Å². The van der Waals surface area contributed by atoms with E-state index >= 15 is 0 Å². The zero-order chi connectivity index (χ0) is 24.4. The molecule has 2 aromatic heterocycles. The van der Waals surface area contributed by atoms with E-state index in [1.165, 1.54) is 24.0 Å². The molecule has 1 aliphatic rings. The number of piperidine rings is 1. The minimum absolute atomic E-state index is 0.0637. The highest BCUT2D eigenvalue weighted by Crippen LogP contribution is 2.35. The number of hydrogen-bond acceptors (Lipinski definition) is 5. The number of rotatable bonds is 7. The van der Waals surface area contributed by atoms with E-state index in [1.807, 2.05) is 17.0 Å². The van der Waals surface area contributed by atoms with Crippen LogP contribution in [0.2, 0.25) is 0 Å². The summed E-state index contributed by atoms with van der Waals surface area (Å²) in [6.07, 6.45) is 5.27. The predicted octanol–water partition coefficient (Wildman–Crippen LogP) is 4.27. The van der Waals surface area contributed by atoms with Gasteiger partial charge in [-0.25, -0.2) is 13.1 Å². The molecule has 1 aliphatic heterocycles. The quantitative estimate of drug-likeness (QED) is 0.400. The summed E-state index contributed by atoms with van der Waals surface area (Å²) in [5.74, 6) is 1.62. The van der Waals surface area contributed by atoms with Gasteiger partial charge in [0.25, 0.3) is 5.91 Å². The number of likely N-dealkylation sites (tertiary alicyclic amines) is 1. The van der Waals surface area contributed by atoms with Crippen molar-refractivity contribution in [1.82, 2.24) is 14.6 Å². The highest BCUT2D eigenvalue weighted by molar-refractivity contribution is 7.89. The van der Waals surface area contributed by atoms with E-state index in [9.17, 15) is 13.2 Å². The summed E-state index contributed by atoms with van der Waals surface area (Å²) in [5.41, 5.74) is 2.81. The molecule has 4 aromatic rings. The van der Waals surface area contributed by atoms with Crippen LogP contribution in [-0.4, -0.2) is 44.4 Å². The highest BCUT2D eigenvalue weighted by atomic mass is 32.2. The zero-order valence-corrected chi connectivity index (χ0v) is 20.2. The fourth-order valence-corrected chi connectivity index (χ4v) is 5.59.